The second-order valence-electron chi connectivity index (χ2n) is 10.7. The minimum absolute atomic E-state index is 0.782. The number of alkyl halides is 6. The van der Waals surface area contributed by atoms with Crippen molar-refractivity contribution in [2.45, 2.75) is 64.0 Å². The Morgan fingerprint density at radius 3 is 1.31 bits per heavy atom. The van der Waals surface area contributed by atoms with Crippen LogP contribution in [0.15, 0.2) is 60.9 Å². The van der Waals surface area contributed by atoms with Gasteiger partial charge in [-0.05, 0) is 49.9 Å². The molecule has 0 fully saturated rings. The molecule has 0 aliphatic carbocycles. The highest BCUT2D eigenvalue weighted by atomic mass is 35.5. The molecule has 0 spiro atoms. The monoisotopic (exact) mass is 720 g/mol. The number of fused-ring (bicyclic) bond motifs is 12. The van der Waals surface area contributed by atoms with Crippen LogP contribution in [0, 0.1) is 0 Å². The van der Waals surface area contributed by atoms with Crippen molar-refractivity contribution in [1.29, 1.82) is 0 Å². The van der Waals surface area contributed by atoms with Crippen molar-refractivity contribution >= 4 is 68.3 Å². The van der Waals surface area contributed by atoms with Gasteiger partial charge in [0.05, 0.1) is 22.1 Å². The van der Waals surface area contributed by atoms with E-state index in [1.165, 1.54) is 39.6 Å². The van der Waals surface area contributed by atoms with Crippen LogP contribution in [0.3, 0.4) is 0 Å². The Kier molecular flexibility index (Phi) is 13.9. The number of carbonyl (C=O) groups is 2. The molecular formula is C32H32Cl2F6N4O4. The van der Waals surface area contributed by atoms with Crippen molar-refractivity contribution in [3.63, 3.8) is 0 Å². The van der Waals surface area contributed by atoms with Gasteiger partial charge in [-0.1, -0.05) is 23.2 Å². The number of hydrogen-bond donors (Lipinski definition) is 2. The number of carboxylic acid groups (broad SMARTS) is 2. The maximum Gasteiger partial charge on any atom is 0.430 e. The van der Waals surface area contributed by atoms with Gasteiger partial charge in [0.2, 0.25) is 11.0 Å². The molecular weight excluding hydrogens is 689 g/mol. The third kappa shape index (κ3) is 11.6. The van der Waals surface area contributed by atoms with Gasteiger partial charge in [0, 0.05) is 60.2 Å². The highest BCUT2D eigenvalue weighted by Crippen LogP contribution is 2.26. The Labute approximate surface area is 281 Å². The molecule has 0 unspecified atom stereocenters. The SMILES string of the molecule is Clc1ccc2c(c1)c1cc[n+]2CCCCC[n+]2ccc(c3cc(Cl)ccc32)NCCCCCN1.O=C([O-])C(F)(F)F.O=C([O-])C(F)(F)F. The zero-order valence-corrected chi connectivity index (χ0v) is 26.9. The van der Waals surface area contributed by atoms with Gasteiger partial charge in [0.1, 0.15) is 25.0 Å². The van der Waals surface area contributed by atoms with Crippen LogP contribution in [-0.4, -0.2) is 37.4 Å². The average molecular weight is 722 g/mol. The largest absolute Gasteiger partial charge is 0.542 e. The van der Waals surface area contributed by atoms with Crippen molar-refractivity contribution in [2.75, 3.05) is 23.7 Å². The predicted molar refractivity (Wildman–Crippen MR) is 165 cm³/mol. The Morgan fingerprint density at radius 1 is 0.604 bits per heavy atom. The highest BCUT2D eigenvalue weighted by Gasteiger charge is 2.29. The van der Waals surface area contributed by atoms with Gasteiger partial charge in [-0.15, -0.1) is 0 Å². The summed E-state index contributed by atoms with van der Waals surface area (Å²) in [5.41, 5.74) is 4.81. The van der Waals surface area contributed by atoms with Crippen LogP contribution in [0.4, 0.5) is 37.7 Å². The van der Waals surface area contributed by atoms with E-state index in [0.29, 0.717) is 0 Å². The van der Waals surface area contributed by atoms with E-state index in [9.17, 15) is 26.3 Å². The molecule has 4 bridgehead atoms. The van der Waals surface area contributed by atoms with E-state index in [0.717, 1.165) is 68.3 Å². The second-order valence-corrected chi connectivity index (χ2v) is 11.6. The summed E-state index contributed by atoms with van der Waals surface area (Å²) in [6, 6.07) is 16.9. The van der Waals surface area contributed by atoms with Gasteiger partial charge in [-0.25, -0.2) is 0 Å². The fourth-order valence-corrected chi connectivity index (χ4v) is 5.27. The lowest BCUT2D eigenvalue weighted by molar-refractivity contribution is -0.675. The molecule has 0 saturated heterocycles. The molecule has 6 rings (SSSR count). The first-order chi connectivity index (χ1) is 22.6. The maximum atomic E-state index is 10.5. The number of nitrogens with zero attached hydrogens (tertiary/aromatic N) is 2. The van der Waals surface area contributed by atoms with Crippen LogP contribution >= 0.6 is 23.2 Å². The molecule has 0 radical (unpaired) electrons. The molecule has 0 saturated carbocycles. The first kappa shape index (κ1) is 38.4. The number of aromatic nitrogens is 2. The maximum absolute atomic E-state index is 10.5. The molecule has 2 aromatic carbocycles. The smallest absolute Gasteiger partial charge is 0.430 e. The van der Waals surface area contributed by atoms with E-state index >= 15 is 0 Å². The van der Waals surface area contributed by atoms with E-state index in [-0.39, 0.29) is 0 Å². The molecule has 2 aliphatic rings. The lowest BCUT2D eigenvalue weighted by Crippen LogP contribution is -2.37. The van der Waals surface area contributed by atoms with Crippen LogP contribution < -0.4 is 30.0 Å². The van der Waals surface area contributed by atoms with E-state index in [2.05, 4.69) is 68.6 Å². The van der Waals surface area contributed by atoms with E-state index < -0.39 is 24.3 Å². The minimum atomic E-state index is -5.19. The number of hydrogen-bond acceptors (Lipinski definition) is 6. The number of pyridine rings is 2. The van der Waals surface area contributed by atoms with Crippen molar-refractivity contribution in [1.82, 2.24) is 0 Å². The van der Waals surface area contributed by atoms with Crippen molar-refractivity contribution in [2.24, 2.45) is 0 Å². The summed E-state index contributed by atoms with van der Waals surface area (Å²) in [5.74, 6) is -6.01. The number of halogens is 8. The zero-order chi connectivity index (χ0) is 35.5. The molecule has 48 heavy (non-hydrogen) atoms. The summed E-state index contributed by atoms with van der Waals surface area (Å²) in [6.45, 7) is 3.91. The van der Waals surface area contributed by atoms with Crippen molar-refractivity contribution in [3.05, 3.63) is 71.0 Å². The van der Waals surface area contributed by atoms with E-state index in [1.807, 2.05) is 12.1 Å². The summed E-state index contributed by atoms with van der Waals surface area (Å²) in [5, 5.41) is 28.8. The average Bonchev–Trinajstić information content (AvgIpc) is 3.00. The third-order valence-electron chi connectivity index (χ3n) is 7.20. The summed E-state index contributed by atoms with van der Waals surface area (Å²) >= 11 is 12.7. The Balaban J connectivity index is 0.000000376. The highest BCUT2D eigenvalue weighted by molar-refractivity contribution is 6.31. The van der Waals surface area contributed by atoms with Gasteiger partial charge in [0.25, 0.3) is 0 Å². The van der Waals surface area contributed by atoms with Crippen LogP contribution in [-0.2, 0) is 22.7 Å². The number of nitrogens with one attached hydrogen (secondary N) is 2. The Bertz CT molecular complexity index is 1600. The standard InChI is InChI=1S/C28H30Cl2N4.2C2HF3O2/c29-21-7-9-27-23(19-21)25-11-17-33(27)15-5-2-6-16-34-18-12-26(32-14-4-1-3-13-31-25)24-20-22(30)8-10-28(24)34;2*3-2(4,5)1(6)7/h7-12,17-20H,1-6,13-16H2;2*(H,6,7). The predicted octanol–water partition coefficient (Wildman–Crippen LogP) is 5.35. The summed E-state index contributed by atoms with van der Waals surface area (Å²) in [7, 11) is 0. The Morgan fingerprint density at radius 2 is 0.958 bits per heavy atom. The Hall–Kier alpha value is -4.04. The normalized spacial score (nSPS) is 14.5. The molecule has 8 nitrogen and oxygen atoms in total. The quantitative estimate of drug-likeness (QED) is 0.187. The van der Waals surface area contributed by atoms with Gasteiger partial charge in [-0.3, -0.25) is 0 Å². The van der Waals surface area contributed by atoms with Crippen LogP contribution in [0.2, 0.25) is 10.0 Å². The van der Waals surface area contributed by atoms with Crippen LogP contribution in [0.1, 0.15) is 38.5 Å². The lowest BCUT2D eigenvalue weighted by atomic mass is 10.1. The number of carboxylic acids is 2. The number of rotatable bonds is 0. The molecule has 16 heteroatoms. The van der Waals surface area contributed by atoms with Crippen LogP contribution in [0.5, 0.6) is 0 Å². The molecule has 2 aromatic heterocycles. The molecule has 260 valence electrons. The molecule has 0 atom stereocenters. The van der Waals surface area contributed by atoms with E-state index in [4.69, 9.17) is 43.0 Å². The number of benzene rings is 2. The fourth-order valence-electron chi connectivity index (χ4n) is 4.93. The first-order valence-corrected chi connectivity index (χ1v) is 15.6. The zero-order valence-electron chi connectivity index (χ0n) is 25.4. The fraction of sp³-hybridized carbons (Fsp3) is 0.375. The molecule has 0 amide bonds. The molecule has 4 heterocycles. The van der Waals surface area contributed by atoms with Gasteiger partial charge in [-0.2, -0.15) is 35.5 Å². The summed E-state index contributed by atoms with van der Waals surface area (Å²) in [4.78, 5) is 17.6. The van der Waals surface area contributed by atoms with Crippen molar-refractivity contribution in [3.8, 4) is 0 Å². The third-order valence-corrected chi connectivity index (χ3v) is 7.67. The number of anilines is 2. The first-order valence-electron chi connectivity index (χ1n) is 14.9. The number of aryl methyl sites for hydroxylation is 2. The molecule has 4 aromatic rings. The molecule has 2 N–H and O–H groups in total. The second kappa shape index (κ2) is 17.4. The molecule has 2 aliphatic heterocycles. The number of carbonyl (C=O) groups excluding carboxylic acids is 2. The van der Waals surface area contributed by atoms with Crippen molar-refractivity contribution < 1.29 is 55.3 Å². The lowest BCUT2D eigenvalue weighted by Gasteiger charge is -2.12. The number of aliphatic carboxylic acids is 2. The summed E-state index contributed by atoms with van der Waals surface area (Å²) < 4.78 is 67.8. The topological polar surface area (TPSA) is 112 Å². The van der Waals surface area contributed by atoms with E-state index in [1.54, 1.807) is 0 Å². The van der Waals surface area contributed by atoms with Crippen LogP contribution in [0.25, 0.3) is 21.8 Å². The van der Waals surface area contributed by atoms with Gasteiger partial charge < -0.3 is 30.4 Å². The summed E-state index contributed by atoms with van der Waals surface area (Å²) in [6.07, 6.45) is 0.899. The minimum Gasteiger partial charge on any atom is -0.542 e. The van der Waals surface area contributed by atoms with Gasteiger partial charge >= 0.3 is 12.4 Å². The van der Waals surface area contributed by atoms with Gasteiger partial charge in [0.15, 0.2) is 12.4 Å².